The predicted molar refractivity (Wildman–Crippen MR) is 92.5 cm³/mol. The lowest BCUT2D eigenvalue weighted by atomic mass is 10.1. The van der Waals surface area contributed by atoms with E-state index >= 15 is 0 Å². The first kappa shape index (κ1) is 15.8. The largest absolute Gasteiger partial charge is 0.338 e. The average Bonchev–Trinajstić information content (AvgIpc) is 3.25. The van der Waals surface area contributed by atoms with Crippen LogP contribution in [-0.2, 0) is 7.05 Å². The van der Waals surface area contributed by atoms with Gasteiger partial charge in [-0.2, -0.15) is 0 Å². The van der Waals surface area contributed by atoms with Gasteiger partial charge in [-0.05, 0) is 33.3 Å². The fourth-order valence-corrected chi connectivity index (χ4v) is 3.73. The Balaban J connectivity index is 1.64. The minimum atomic E-state index is 0.00947. The highest BCUT2D eigenvalue weighted by molar-refractivity contribution is 6.06. The van der Waals surface area contributed by atoms with Crippen molar-refractivity contribution in [2.75, 3.05) is 13.1 Å². The number of carbonyl (C=O) groups excluding carboxylic acids is 1. The summed E-state index contributed by atoms with van der Waals surface area (Å²) in [5, 5.41) is 4.68. The molecule has 0 aromatic carbocycles. The van der Waals surface area contributed by atoms with E-state index in [1.54, 1.807) is 0 Å². The Bertz CT molecular complexity index is 971. The van der Waals surface area contributed by atoms with E-state index in [0.29, 0.717) is 28.9 Å². The molecule has 1 saturated heterocycles. The Labute approximate surface area is 145 Å². The van der Waals surface area contributed by atoms with Crippen LogP contribution in [0, 0.1) is 20.8 Å². The zero-order valence-electron chi connectivity index (χ0n) is 14.9. The summed E-state index contributed by atoms with van der Waals surface area (Å²) < 4.78 is 7.31. The Morgan fingerprint density at radius 1 is 1.24 bits per heavy atom. The van der Waals surface area contributed by atoms with Gasteiger partial charge in [0.25, 0.3) is 11.6 Å². The number of nitrogens with zero attached hydrogens (tertiary/aromatic N) is 5. The Kier molecular flexibility index (Phi) is 3.59. The number of rotatable bonds is 2. The number of likely N-dealkylation sites (tertiary alicyclic amines) is 1. The molecule has 7 nitrogen and oxygen atoms in total. The summed E-state index contributed by atoms with van der Waals surface area (Å²) in [7, 11) is 2.01. The lowest BCUT2D eigenvalue weighted by Gasteiger charge is -2.17. The van der Waals surface area contributed by atoms with Crippen molar-refractivity contribution in [1.29, 1.82) is 0 Å². The molecule has 3 aromatic rings. The van der Waals surface area contributed by atoms with Crippen molar-refractivity contribution in [3.63, 3.8) is 0 Å². The molecule has 7 heteroatoms. The molecule has 1 aliphatic heterocycles. The van der Waals surface area contributed by atoms with Crippen molar-refractivity contribution < 1.29 is 9.32 Å². The van der Waals surface area contributed by atoms with Crippen LogP contribution in [0.1, 0.15) is 45.6 Å². The van der Waals surface area contributed by atoms with Gasteiger partial charge in [0.2, 0.25) is 0 Å². The van der Waals surface area contributed by atoms with Gasteiger partial charge < -0.3 is 14.0 Å². The molecule has 1 amide bonds. The van der Waals surface area contributed by atoms with E-state index in [-0.39, 0.29) is 11.8 Å². The summed E-state index contributed by atoms with van der Waals surface area (Å²) in [6.45, 7) is 7.09. The Hall–Kier alpha value is -2.70. The number of hydrogen-bond donors (Lipinski definition) is 0. The normalized spacial score (nSPS) is 17.6. The molecule has 0 radical (unpaired) electrons. The second kappa shape index (κ2) is 5.68. The van der Waals surface area contributed by atoms with Crippen molar-refractivity contribution >= 4 is 17.0 Å². The molecule has 1 unspecified atom stereocenters. The maximum atomic E-state index is 13.1. The van der Waals surface area contributed by atoms with Gasteiger partial charge >= 0.3 is 0 Å². The quantitative estimate of drug-likeness (QED) is 0.717. The van der Waals surface area contributed by atoms with Gasteiger partial charge in [0.15, 0.2) is 0 Å². The fraction of sp³-hybridized carbons (Fsp3) is 0.444. The predicted octanol–water partition coefficient (Wildman–Crippen LogP) is 2.51. The fourth-order valence-electron chi connectivity index (χ4n) is 3.73. The van der Waals surface area contributed by atoms with E-state index in [0.717, 1.165) is 30.2 Å². The molecule has 1 fully saturated rings. The lowest BCUT2D eigenvalue weighted by Crippen LogP contribution is -2.29. The molecule has 1 aliphatic rings. The van der Waals surface area contributed by atoms with Gasteiger partial charge in [0.05, 0.1) is 22.3 Å². The smallest absolute Gasteiger partial charge is 0.258 e. The van der Waals surface area contributed by atoms with Crippen LogP contribution in [0.15, 0.2) is 16.8 Å². The number of aromatic nitrogens is 4. The molecular weight excluding hydrogens is 318 g/mol. The second-order valence-electron chi connectivity index (χ2n) is 6.85. The van der Waals surface area contributed by atoms with Crippen molar-refractivity contribution in [3.8, 4) is 0 Å². The minimum absolute atomic E-state index is 0.00947. The highest BCUT2D eigenvalue weighted by atomic mass is 16.5. The number of hydrogen-bond acceptors (Lipinski definition) is 5. The molecule has 0 spiro atoms. The SMILES string of the molecule is Cc1cn(C)c(C2CCN(C(=O)c3cc(C)nc4onc(C)c34)C2)n1. The molecule has 0 saturated carbocycles. The van der Waals surface area contributed by atoms with Gasteiger partial charge in [-0.1, -0.05) is 5.16 Å². The monoisotopic (exact) mass is 339 g/mol. The summed E-state index contributed by atoms with van der Waals surface area (Å²) >= 11 is 0. The Morgan fingerprint density at radius 2 is 2.04 bits per heavy atom. The van der Waals surface area contributed by atoms with E-state index < -0.39 is 0 Å². The molecule has 1 atom stereocenters. The number of pyridine rings is 1. The van der Waals surface area contributed by atoms with E-state index in [9.17, 15) is 4.79 Å². The first-order valence-electron chi connectivity index (χ1n) is 8.47. The van der Waals surface area contributed by atoms with Crippen molar-refractivity contribution in [1.82, 2.24) is 24.6 Å². The zero-order chi connectivity index (χ0) is 17.7. The van der Waals surface area contributed by atoms with Crippen molar-refractivity contribution in [2.45, 2.75) is 33.1 Å². The molecular formula is C18H21N5O2. The van der Waals surface area contributed by atoms with Crippen LogP contribution in [0.2, 0.25) is 0 Å². The maximum Gasteiger partial charge on any atom is 0.258 e. The van der Waals surface area contributed by atoms with Gasteiger partial charge in [0.1, 0.15) is 5.82 Å². The molecule has 25 heavy (non-hydrogen) atoms. The number of amides is 1. The van der Waals surface area contributed by atoms with Crippen LogP contribution in [0.4, 0.5) is 0 Å². The van der Waals surface area contributed by atoms with E-state index in [2.05, 4.69) is 19.7 Å². The minimum Gasteiger partial charge on any atom is -0.338 e. The number of fused-ring (bicyclic) bond motifs is 1. The molecule has 4 rings (SSSR count). The van der Waals surface area contributed by atoms with Gasteiger partial charge in [-0.3, -0.25) is 4.79 Å². The van der Waals surface area contributed by atoms with Gasteiger partial charge in [-0.25, -0.2) is 9.97 Å². The maximum absolute atomic E-state index is 13.1. The molecule has 0 bridgehead atoms. The second-order valence-corrected chi connectivity index (χ2v) is 6.85. The summed E-state index contributed by atoms with van der Waals surface area (Å²) in [6, 6.07) is 1.83. The lowest BCUT2D eigenvalue weighted by molar-refractivity contribution is 0.0792. The summed E-state index contributed by atoms with van der Waals surface area (Å²) in [5.41, 5.74) is 3.51. The Morgan fingerprint density at radius 3 is 2.76 bits per heavy atom. The summed E-state index contributed by atoms with van der Waals surface area (Å²) in [6.07, 6.45) is 2.95. The molecule has 130 valence electrons. The molecule has 3 aromatic heterocycles. The molecule has 4 heterocycles. The zero-order valence-corrected chi connectivity index (χ0v) is 14.9. The standard InChI is InChI=1S/C18H21N5O2/c1-10-7-14(15-12(3)21-25-17(15)20-10)18(24)23-6-5-13(9-23)16-19-11(2)8-22(16)4/h7-8,13H,5-6,9H2,1-4H3. The third kappa shape index (κ3) is 2.59. The number of aryl methyl sites for hydroxylation is 4. The average molecular weight is 339 g/mol. The third-order valence-electron chi connectivity index (χ3n) is 4.85. The topological polar surface area (TPSA) is 77.0 Å². The highest BCUT2D eigenvalue weighted by Gasteiger charge is 2.32. The van der Waals surface area contributed by atoms with Crippen LogP contribution in [0.25, 0.3) is 11.1 Å². The van der Waals surface area contributed by atoms with Crippen LogP contribution in [0.5, 0.6) is 0 Å². The molecule has 0 aliphatic carbocycles. The first-order chi connectivity index (χ1) is 11.9. The van der Waals surface area contributed by atoms with Gasteiger partial charge in [-0.15, -0.1) is 0 Å². The first-order valence-corrected chi connectivity index (χ1v) is 8.47. The van der Waals surface area contributed by atoms with Crippen LogP contribution in [0.3, 0.4) is 0 Å². The third-order valence-corrected chi connectivity index (χ3v) is 4.85. The van der Waals surface area contributed by atoms with Crippen LogP contribution >= 0.6 is 0 Å². The number of imidazole rings is 1. The van der Waals surface area contributed by atoms with Gasteiger partial charge in [0, 0.05) is 37.9 Å². The van der Waals surface area contributed by atoms with Crippen LogP contribution < -0.4 is 0 Å². The molecule has 0 N–H and O–H groups in total. The summed E-state index contributed by atoms with van der Waals surface area (Å²) in [4.78, 5) is 24.0. The van der Waals surface area contributed by atoms with E-state index in [4.69, 9.17) is 4.52 Å². The summed E-state index contributed by atoms with van der Waals surface area (Å²) in [5.74, 6) is 1.32. The van der Waals surface area contributed by atoms with E-state index in [1.165, 1.54) is 0 Å². The van der Waals surface area contributed by atoms with Crippen LogP contribution in [-0.4, -0.2) is 43.6 Å². The van der Waals surface area contributed by atoms with E-state index in [1.807, 2.05) is 45.0 Å². The van der Waals surface area contributed by atoms with Crippen molar-refractivity contribution in [2.24, 2.45) is 7.05 Å². The number of carbonyl (C=O) groups is 1. The van der Waals surface area contributed by atoms with Crippen molar-refractivity contribution in [3.05, 3.63) is 40.7 Å². The highest BCUT2D eigenvalue weighted by Crippen LogP contribution is 2.29.